The summed E-state index contributed by atoms with van der Waals surface area (Å²) >= 11 is 0. The highest BCUT2D eigenvalue weighted by molar-refractivity contribution is 4.86. The number of hydrogen-bond acceptors (Lipinski definition) is 4. The van der Waals surface area contributed by atoms with Gasteiger partial charge in [-0.1, -0.05) is 13.8 Å². The van der Waals surface area contributed by atoms with Gasteiger partial charge in [0.1, 0.15) is 0 Å². The molecule has 0 radical (unpaired) electrons. The molecule has 0 aromatic heterocycles. The van der Waals surface area contributed by atoms with E-state index >= 15 is 0 Å². The molecule has 0 spiro atoms. The van der Waals surface area contributed by atoms with Gasteiger partial charge in [-0.25, -0.2) is 0 Å². The predicted octanol–water partition coefficient (Wildman–Crippen LogP) is 1.49. The number of rotatable bonds is 10. The predicted molar refractivity (Wildman–Crippen MR) is 72.3 cm³/mol. The summed E-state index contributed by atoms with van der Waals surface area (Å²) in [7, 11) is 3.47. The molecule has 0 heterocycles. The molecule has 1 atom stereocenters. The first-order valence-corrected chi connectivity index (χ1v) is 6.53. The number of nitrogens with zero attached hydrogens (tertiary/aromatic N) is 1. The fraction of sp³-hybridized carbons (Fsp3) is 1.00. The van der Waals surface area contributed by atoms with Crippen LogP contribution in [-0.4, -0.2) is 57.0 Å². The third kappa shape index (κ3) is 6.36. The van der Waals surface area contributed by atoms with E-state index in [0.29, 0.717) is 6.04 Å². The number of ether oxygens (including phenoxy) is 2. The van der Waals surface area contributed by atoms with Crippen molar-refractivity contribution in [2.45, 2.75) is 45.2 Å². The zero-order valence-electron chi connectivity index (χ0n) is 12.2. The minimum Gasteiger partial charge on any atom is -0.383 e. The Balaban J connectivity index is 4.45. The lowest BCUT2D eigenvalue weighted by Gasteiger charge is -2.37. The fourth-order valence-electron chi connectivity index (χ4n) is 1.89. The molecular formula is C13H30N2O2. The lowest BCUT2D eigenvalue weighted by atomic mass is 9.93. The van der Waals surface area contributed by atoms with Crippen molar-refractivity contribution in [3.8, 4) is 0 Å². The molecule has 104 valence electrons. The first kappa shape index (κ1) is 16.8. The number of methoxy groups -OCH3 is 2. The van der Waals surface area contributed by atoms with Gasteiger partial charge in [-0.15, -0.1) is 0 Å². The molecule has 0 saturated heterocycles. The quantitative estimate of drug-likeness (QED) is 0.634. The molecule has 4 heteroatoms. The van der Waals surface area contributed by atoms with Crippen LogP contribution in [0.2, 0.25) is 0 Å². The molecule has 0 aliphatic heterocycles. The van der Waals surface area contributed by atoms with Crippen molar-refractivity contribution in [2.75, 3.05) is 40.5 Å². The molecule has 0 rings (SSSR count). The third-order valence-corrected chi connectivity index (χ3v) is 3.54. The zero-order valence-corrected chi connectivity index (χ0v) is 12.2. The van der Waals surface area contributed by atoms with Crippen LogP contribution in [0.3, 0.4) is 0 Å². The van der Waals surface area contributed by atoms with Crippen LogP contribution in [0.1, 0.15) is 33.6 Å². The van der Waals surface area contributed by atoms with Gasteiger partial charge in [-0.3, -0.25) is 4.90 Å². The lowest BCUT2D eigenvalue weighted by Crippen LogP contribution is -2.53. The normalized spacial score (nSPS) is 14.3. The Kier molecular flexibility index (Phi) is 8.78. The van der Waals surface area contributed by atoms with Gasteiger partial charge in [0.15, 0.2) is 0 Å². The second-order valence-corrected chi connectivity index (χ2v) is 4.84. The minimum atomic E-state index is -0.101. The molecule has 17 heavy (non-hydrogen) atoms. The Morgan fingerprint density at radius 2 is 1.76 bits per heavy atom. The van der Waals surface area contributed by atoms with Gasteiger partial charge in [-0.2, -0.15) is 0 Å². The van der Waals surface area contributed by atoms with Crippen molar-refractivity contribution in [3.63, 3.8) is 0 Å². The smallest absolute Gasteiger partial charge is 0.0615 e. The third-order valence-electron chi connectivity index (χ3n) is 3.54. The molecule has 0 aromatic rings. The van der Waals surface area contributed by atoms with Gasteiger partial charge < -0.3 is 15.2 Å². The average molecular weight is 246 g/mol. The standard InChI is InChI=1S/C13H30N2O2/c1-6-13(14,7-2)11-15(8-9-16-4)12(3)10-17-5/h12H,6-11,14H2,1-5H3. The van der Waals surface area contributed by atoms with Crippen molar-refractivity contribution < 1.29 is 9.47 Å². The average Bonchev–Trinajstić information content (AvgIpc) is 2.34. The number of hydrogen-bond donors (Lipinski definition) is 1. The topological polar surface area (TPSA) is 47.7 Å². The van der Waals surface area contributed by atoms with Crippen LogP contribution in [0.15, 0.2) is 0 Å². The molecule has 0 aromatic carbocycles. The van der Waals surface area contributed by atoms with E-state index in [4.69, 9.17) is 15.2 Å². The Labute approximate surface area is 106 Å². The maximum Gasteiger partial charge on any atom is 0.0615 e. The molecule has 2 N–H and O–H groups in total. The molecule has 0 amide bonds. The van der Waals surface area contributed by atoms with E-state index in [1.54, 1.807) is 14.2 Å². The van der Waals surface area contributed by atoms with Crippen LogP contribution < -0.4 is 5.73 Å². The van der Waals surface area contributed by atoms with Crippen molar-refractivity contribution in [2.24, 2.45) is 5.73 Å². The van der Waals surface area contributed by atoms with Gasteiger partial charge in [0.05, 0.1) is 13.2 Å². The first-order valence-electron chi connectivity index (χ1n) is 6.53. The summed E-state index contributed by atoms with van der Waals surface area (Å²) in [6.07, 6.45) is 1.99. The van der Waals surface area contributed by atoms with Crippen molar-refractivity contribution >= 4 is 0 Å². The molecule has 0 saturated carbocycles. The van der Waals surface area contributed by atoms with Gasteiger partial charge in [-0.05, 0) is 19.8 Å². The monoisotopic (exact) mass is 246 g/mol. The van der Waals surface area contributed by atoms with Crippen molar-refractivity contribution in [1.29, 1.82) is 0 Å². The summed E-state index contributed by atoms with van der Waals surface area (Å²) in [5, 5.41) is 0. The summed E-state index contributed by atoms with van der Waals surface area (Å²) in [5.74, 6) is 0. The zero-order chi connectivity index (χ0) is 13.3. The first-order chi connectivity index (χ1) is 8.02. The van der Waals surface area contributed by atoms with E-state index in [-0.39, 0.29) is 5.54 Å². The Morgan fingerprint density at radius 3 is 2.18 bits per heavy atom. The van der Waals surface area contributed by atoms with Gasteiger partial charge in [0.25, 0.3) is 0 Å². The maximum absolute atomic E-state index is 6.38. The summed E-state index contributed by atoms with van der Waals surface area (Å²) in [5.41, 5.74) is 6.28. The van der Waals surface area contributed by atoms with Crippen molar-refractivity contribution in [3.05, 3.63) is 0 Å². The SMILES string of the molecule is CCC(N)(CC)CN(CCOC)C(C)COC. The Hall–Kier alpha value is -0.160. The number of nitrogens with two attached hydrogens (primary N) is 1. The summed E-state index contributed by atoms with van der Waals surface area (Å²) in [6.45, 7) is 9.74. The second kappa shape index (κ2) is 8.86. The molecule has 0 aliphatic carbocycles. The van der Waals surface area contributed by atoms with Gasteiger partial charge >= 0.3 is 0 Å². The fourth-order valence-corrected chi connectivity index (χ4v) is 1.89. The van der Waals surface area contributed by atoms with E-state index in [9.17, 15) is 0 Å². The Bertz CT molecular complexity index is 184. The highest BCUT2D eigenvalue weighted by atomic mass is 16.5. The molecule has 0 bridgehead atoms. The summed E-state index contributed by atoms with van der Waals surface area (Å²) in [4.78, 5) is 2.36. The highest BCUT2D eigenvalue weighted by Crippen LogP contribution is 2.15. The van der Waals surface area contributed by atoms with Crippen LogP contribution in [0.25, 0.3) is 0 Å². The maximum atomic E-state index is 6.38. The van der Waals surface area contributed by atoms with Crippen LogP contribution in [0.5, 0.6) is 0 Å². The van der Waals surface area contributed by atoms with Crippen LogP contribution >= 0.6 is 0 Å². The Morgan fingerprint density at radius 1 is 1.18 bits per heavy atom. The van der Waals surface area contributed by atoms with E-state index in [1.165, 1.54) is 0 Å². The molecule has 1 unspecified atom stereocenters. The largest absolute Gasteiger partial charge is 0.383 e. The van der Waals surface area contributed by atoms with Gasteiger partial charge in [0.2, 0.25) is 0 Å². The van der Waals surface area contributed by atoms with E-state index < -0.39 is 0 Å². The molecule has 0 fully saturated rings. The van der Waals surface area contributed by atoms with Gasteiger partial charge in [0, 0.05) is 38.9 Å². The molecular weight excluding hydrogens is 216 g/mol. The summed E-state index contributed by atoms with van der Waals surface area (Å²) < 4.78 is 10.4. The minimum absolute atomic E-state index is 0.101. The molecule has 4 nitrogen and oxygen atoms in total. The van der Waals surface area contributed by atoms with Crippen LogP contribution in [0.4, 0.5) is 0 Å². The van der Waals surface area contributed by atoms with Crippen LogP contribution in [-0.2, 0) is 9.47 Å². The van der Waals surface area contributed by atoms with E-state index in [0.717, 1.165) is 39.1 Å². The van der Waals surface area contributed by atoms with E-state index in [1.807, 2.05) is 0 Å². The highest BCUT2D eigenvalue weighted by Gasteiger charge is 2.26. The van der Waals surface area contributed by atoms with Crippen LogP contribution in [0, 0.1) is 0 Å². The molecule has 0 aliphatic rings. The summed E-state index contributed by atoms with van der Waals surface area (Å²) in [6, 6.07) is 0.371. The second-order valence-electron chi connectivity index (χ2n) is 4.84. The van der Waals surface area contributed by atoms with E-state index in [2.05, 4.69) is 25.7 Å². The van der Waals surface area contributed by atoms with Crippen molar-refractivity contribution in [1.82, 2.24) is 4.90 Å². The lowest BCUT2D eigenvalue weighted by molar-refractivity contribution is 0.0587.